The highest BCUT2D eigenvalue weighted by molar-refractivity contribution is 5.27. The number of hydrogen-bond acceptors (Lipinski definition) is 3. The summed E-state index contributed by atoms with van der Waals surface area (Å²) in [6, 6.07) is 8.54. The summed E-state index contributed by atoms with van der Waals surface area (Å²) in [4.78, 5) is 2.55. The summed E-state index contributed by atoms with van der Waals surface area (Å²) >= 11 is 0. The number of ether oxygens (including phenoxy) is 1. The lowest BCUT2D eigenvalue weighted by Gasteiger charge is -2.19. The minimum absolute atomic E-state index is 0.246. The third-order valence-corrected chi connectivity index (χ3v) is 3.44. The smallest absolute Gasteiger partial charge is 0.119 e. The van der Waals surface area contributed by atoms with Crippen molar-refractivity contribution in [1.29, 1.82) is 0 Å². The fourth-order valence-electron chi connectivity index (χ4n) is 2.42. The van der Waals surface area contributed by atoms with Crippen LogP contribution in [0.3, 0.4) is 0 Å². The summed E-state index contributed by atoms with van der Waals surface area (Å²) in [6.07, 6.45) is 2.64. The first-order valence-electron chi connectivity index (χ1n) is 7.43. The van der Waals surface area contributed by atoms with Gasteiger partial charge in [-0.15, -0.1) is 0 Å². The molecule has 1 aromatic carbocycles. The quantitative estimate of drug-likeness (QED) is 0.881. The number of nitrogens with one attached hydrogen (secondary N) is 1. The van der Waals surface area contributed by atoms with Gasteiger partial charge in [0.15, 0.2) is 0 Å². The third-order valence-electron chi connectivity index (χ3n) is 3.44. The van der Waals surface area contributed by atoms with E-state index in [-0.39, 0.29) is 6.10 Å². The van der Waals surface area contributed by atoms with Gasteiger partial charge in [-0.1, -0.05) is 12.1 Å². The Labute approximate surface area is 116 Å². The van der Waals surface area contributed by atoms with E-state index in [1.54, 1.807) is 0 Å². The second-order valence-corrected chi connectivity index (χ2v) is 5.51. The monoisotopic (exact) mass is 262 g/mol. The molecule has 3 heteroatoms. The van der Waals surface area contributed by atoms with Gasteiger partial charge in [0, 0.05) is 19.6 Å². The van der Waals surface area contributed by atoms with Crippen LogP contribution in [0.5, 0.6) is 5.75 Å². The van der Waals surface area contributed by atoms with Crippen molar-refractivity contribution in [2.24, 2.45) is 0 Å². The number of benzene rings is 1. The largest absolute Gasteiger partial charge is 0.491 e. The standard InChI is InChI=1S/C16H26N2O/c1-14(2)19-16-6-4-15(5-7-16)8-12-18-11-3-9-17-10-13-18/h4-7,14,17H,3,8-13H2,1-2H3. The Morgan fingerprint density at radius 3 is 2.68 bits per heavy atom. The summed E-state index contributed by atoms with van der Waals surface area (Å²) in [5, 5.41) is 3.44. The molecule has 0 spiro atoms. The maximum atomic E-state index is 5.66. The maximum Gasteiger partial charge on any atom is 0.119 e. The maximum absolute atomic E-state index is 5.66. The molecule has 1 heterocycles. The first kappa shape index (κ1) is 14.4. The molecular weight excluding hydrogens is 236 g/mol. The Kier molecular flexibility index (Phi) is 5.67. The SMILES string of the molecule is CC(C)Oc1ccc(CCN2CCCNCC2)cc1. The van der Waals surface area contributed by atoms with E-state index in [9.17, 15) is 0 Å². The molecule has 1 aliphatic heterocycles. The van der Waals surface area contributed by atoms with Crippen LogP contribution in [0, 0.1) is 0 Å². The molecule has 1 aromatic rings. The highest BCUT2D eigenvalue weighted by Crippen LogP contribution is 2.14. The molecule has 1 saturated heterocycles. The van der Waals surface area contributed by atoms with Gasteiger partial charge in [-0.3, -0.25) is 0 Å². The van der Waals surface area contributed by atoms with E-state index in [0.717, 1.165) is 31.8 Å². The Balaban J connectivity index is 1.78. The fraction of sp³-hybridized carbons (Fsp3) is 0.625. The van der Waals surface area contributed by atoms with Crippen LogP contribution < -0.4 is 10.1 Å². The van der Waals surface area contributed by atoms with Crippen molar-refractivity contribution in [2.45, 2.75) is 32.8 Å². The van der Waals surface area contributed by atoms with Crippen LogP contribution in [0.1, 0.15) is 25.8 Å². The van der Waals surface area contributed by atoms with Gasteiger partial charge < -0.3 is 15.0 Å². The van der Waals surface area contributed by atoms with E-state index in [0.29, 0.717) is 0 Å². The zero-order valence-corrected chi connectivity index (χ0v) is 12.2. The van der Waals surface area contributed by atoms with Crippen molar-refractivity contribution in [2.75, 3.05) is 32.7 Å². The topological polar surface area (TPSA) is 24.5 Å². The van der Waals surface area contributed by atoms with Crippen molar-refractivity contribution in [3.05, 3.63) is 29.8 Å². The Morgan fingerprint density at radius 1 is 1.16 bits per heavy atom. The molecule has 1 fully saturated rings. The molecule has 3 nitrogen and oxygen atoms in total. The van der Waals surface area contributed by atoms with Crippen LogP contribution in [-0.4, -0.2) is 43.7 Å². The average Bonchev–Trinajstić information content (AvgIpc) is 2.66. The van der Waals surface area contributed by atoms with Gasteiger partial charge in [0.2, 0.25) is 0 Å². The van der Waals surface area contributed by atoms with E-state index in [2.05, 4.69) is 48.3 Å². The predicted octanol–water partition coefficient (Wildman–Crippen LogP) is 2.31. The number of hydrogen-bond donors (Lipinski definition) is 1. The average molecular weight is 262 g/mol. The highest BCUT2D eigenvalue weighted by Gasteiger charge is 2.08. The summed E-state index contributed by atoms with van der Waals surface area (Å²) in [6.45, 7) is 9.96. The van der Waals surface area contributed by atoms with Crippen LogP contribution >= 0.6 is 0 Å². The molecular formula is C16H26N2O. The minimum atomic E-state index is 0.246. The number of nitrogens with zero attached hydrogens (tertiary/aromatic N) is 1. The van der Waals surface area contributed by atoms with Crippen LogP contribution in [0.25, 0.3) is 0 Å². The summed E-state index contributed by atoms with van der Waals surface area (Å²) in [7, 11) is 0. The van der Waals surface area contributed by atoms with Crippen molar-refractivity contribution >= 4 is 0 Å². The minimum Gasteiger partial charge on any atom is -0.491 e. The van der Waals surface area contributed by atoms with Gasteiger partial charge in [0.05, 0.1) is 6.10 Å². The third kappa shape index (κ3) is 5.21. The van der Waals surface area contributed by atoms with E-state index in [4.69, 9.17) is 4.74 Å². The first-order chi connectivity index (χ1) is 9.24. The van der Waals surface area contributed by atoms with Gasteiger partial charge >= 0.3 is 0 Å². The van der Waals surface area contributed by atoms with Gasteiger partial charge in [-0.25, -0.2) is 0 Å². The van der Waals surface area contributed by atoms with E-state index in [1.807, 2.05) is 0 Å². The van der Waals surface area contributed by atoms with Crippen molar-refractivity contribution < 1.29 is 4.74 Å². The zero-order valence-electron chi connectivity index (χ0n) is 12.2. The van der Waals surface area contributed by atoms with E-state index < -0.39 is 0 Å². The van der Waals surface area contributed by atoms with E-state index in [1.165, 1.54) is 25.1 Å². The van der Waals surface area contributed by atoms with Gasteiger partial charge in [-0.05, 0) is 57.5 Å². The lowest BCUT2D eigenvalue weighted by Crippen LogP contribution is -2.30. The predicted molar refractivity (Wildman–Crippen MR) is 79.8 cm³/mol. The normalized spacial score (nSPS) is 17.4. The summed E-state index contributed by atoms with van der Waals surface area (Å²) < 4.78 is 5.66. The van der Waals surface area contributed by atoms with E-state index >= 15 is 0 Å². The van der Waals surface area contributed by atoms with Crippen LogP contribution in [0.2, 0.25) is 0 Å². The molecule has 1 aliphatic rings. The molecule has 0 saturated carbocycles. The van der Waals surface area contributed by atoms with Crippen LogP contribution in [0.15, 0.2) is 24.3 Å². The second-order valence-electron chi connectivity index (χ2n) is 5.51. The summed E-state index contributed by atoms with van der Waals surface area (Å²) in [5.74, 6) is 0.970. The Bertz CT molecular complexity index is 354. The molecule has 106 valence electrons. The van der Waals surface area contributed by atoms with Gasteiger partial charge in [0.25, 0.3) is 0 Å². The first-order valence-corrected chi connectivity index (χ1v) is 7.43. The molecule has 0 radical (unpaired) electrons. The molecule has 0 aliphatic carbocycles. The van der Waals surface area contributed by atoms with Gasteiger partial charge in [-0.2, -0.15) is 0 Å². The molecule has 0 atom stereocenters. The molecule has 2 rings (SSSR count). The van der Waals surface area contributed by atoms with Crippen molar-refractivity contribution in [3.63, 3.8) is 0 Å². The second kappa shape index (κ2) is 7.51. The van der Waals surface area contributed by atoms with Crippen LogP contribution in [0.4, 0.5) is 0 Å². The molecule has 0 bridgehead atoms. The summed E-state index contributed by atoms with van der Waals surface area (Å²) in [5.41, 5.74) is 1.40. The highest BCUT2D eigenvalue weighted by atomic mass is 16.5. The lowest BCUT2D eigenvalue weighted by atomic mass is 10.1. The van der Waals surface area contributed by atoms with Crippen molar-refractivity contribution in [1.82, 2.24) is 10.2 Å². The lowest BCUT2D eigenvalue weighted by molar-refractivity contribution is 0.242. The molecule has 19 heavy (non-hydrogen) atoms. The molecule has 0 unspecified atom stereocenters. The van der Waals surface area contributed by atoms with Crippen LogP contribution in [-0.2, 0) is 6.42 Å². The Morgan fingerprint density at radius 2 is 1.95 bits per heavy atom. The zero-order chi connectivity index (χ0) is 13.5. The van der Waals surface area contributed by atoms with Crippen molar-refractivity contribution in [3.8, 4) is 5.75 Å². The number of rotatable bonds is 5. The Hall–Kier alpha value is -1.06. The fourth-order valence-corrected chi connectivity index (χ4v) is 2.42. The molecule has 0 aromatic heterocycles. The van der Waals surface area contributed by atoms with Gasteiger partial charge in [0.1, 0.15) is 5.75 Å². The molecule has 0 amide bonds. The molecule has 1 N–H and O–H groups in total.